The molecule has 0 bridgehead atoms. The van der Waals surface area contributed by atoms with Crippen molar-refractivity contribution in [1.82, 2.24) is 0 Å². The molecule has 1 N–H and O–H groups in total. The minimum atomic E-state index is -0.417. The number of para-hydroxylation sites is 1. The van der Waals surface area contributed by atoms with E-state index in [1.54, 1.807) is 30.3 Å². The van der Waals surface area contributed by atoms with Crippen LogP contribution in [0.1, 0.15) is 11.7 Å². The van der Waals surface area contributed by atoms with Crippen LogP contribution < -0.4 is 5.32 Å². The van der Waals surface area contributed by atoms with Gasteiger partial charge in [0.15, 0.2) is 0 Å². The van der Waals surface area contributed by atoms with Gasteiger partial charge in [0.2, 0.25) is 0 Å². The second-order valence-corrected chi connectivity index (χ2v) is 5.41. The van der Waals surface area contributed by atoms with Crippen molar-refractivity contribution in [3.63, 3.8) is 0 Å². The van der Waals surface area contributed by atoms with Crippen LogP contribution in [0.4, 0.5) is 5.69 Å². The first kappa shape index (κ1) is 14.0. The number of hydrogen-bond donors (Lipinski definition) is 1. The van der Waals surface area contributed by atoms with Crippen LogP contribution in [-0.4, -0.2) is 5.97 Å². The molecule has 3 nitrogen and oxygen atoms in total. The smallest absolute Gasteiger partial charge is 0.355 e. The molecule has 0 radical (unpaired) electrons. The van der Waals surface area contributed by atoms with Gasteiger partial charge < -0.3 is 10.1 Å². The van der Waals surface area contributed by atoms with Crippen molar-refractivity contribution < 1.29 is 9.53 Å². The first-order chi connectivity index (χ1) is 10.1. The van der Waals surface area contributed by atoms with Gasteiger partial charge in [0, 0.05) is 5.02 Å². The van der Waals surface area contributed by atoms with Gasteiger partial charge in [-0.15, -0.1) is 0 Å². The van der Waals surface area contributed by atoms with E-state index in [0.29, 0.717) is 21.4 Å². The van der Waals surface area contributed by atoms with Gasteiger partial charge in [-0.3, -0.25) is 0 Å². The molecule has 0 fully saturated rings. The highest BCUT2D eigenvalue weighted by Gasteiger charge is 2.27. The summed E-state index contributed by atoms with van der Waals surface area (Å²) < 4.78 is 5.33. The van der Waals surface area contributed by atoms with Crippen molar-refractivity contribution in [2.45, 2.75) is 6.10 Å². The summed E-state index contributed by atoms with van der Waals surface area (Å²) in [6, 6.07) is 14.4. The quantitative estimate of drug-likeness (QED) is 0.841. The number of carbonyl (C=O) groups is 1. The molecule has 1 unspecified atom stereocenters. The van der Waals surface area contributed by atoms with Gasteiger partial charge >= 0.3 is 5.97 Å². The molecule has 0 saturated carbocycles. The normalized spacial score (nSPS) is 17.3. The van der Waals surface area contributed by atoms with Crippen LogP contribution in [0, 0.1) is 0 Å². The number of cyclic esters (lactones) is 1. The first-order valence-corrected chi connectivity index (χ1v) is 7.09. The van der Waals surface area contributed by atoms with Crippen LogP contribution in [-0.2, 0) is 9.53 Å². The molecule has 1 heterocycles. The zero-order chi connectivity index (χ0) is 14.8. The molecule has 106 valence electrons. The second-order valence-electron chi connectivity index (χ2n) is 4.56. The number of halogens is 2. The monoisotopic (exact) mass is 319 g/mol. The molecule has 21 heavy (non-hydrogen) atoms. The minimum Gasteiger partial charge on any atom is -0.448 e. The topological polar surface area (TPSA) is 38.3 Å². The largest absolute Gasteiger partial charge is 0.448 e. The summed E-state index contributed by atoms with van der Waals surface area (Å²) in [6.07, 6.45) is 1.31. The maximum atomic E-state index is 11.9. The van der Waals surface area contributed by atoms with Crippen LogP contribution in [0.15, 0.2) is 60.3 Å². The molecular weight excluding hydrogens is 309 g/mol. The van der Waals surface area contributed by atoms with E-state index >= 15 is 0 Å². The Bertz CT molecular complexity index is 710. The number of benzene rings is 2. The summed E-state index contributed by atoms with van der Waals surface area (Å²) in [6.45, 7) is 0. The molecule has 0 amide bonds. The maximum Gasteiger partial charge on any atom is 0.355 e. The molecule has 0 spiro atoms. The third-order valence-corrected chi connectivity index (χ3v) is 3.70. The molecule has 0 aliphatic carbocycles. The lowest BCUT2D eigenvalue weighted by atomic mass is 10.1. The van der Waals surface area contributed by atoms with E-state index in [1.165, 1.54) is 0 Å². The van der Waals surface area contributed by atoms with E-state index < -0.39 is 12.1 Å². The van der Waals surface area contributed by atoms with Crippen molar-refractivity contribution in [1.29, 1.82) is 0 Å². The number of hydrogen-bond acceptors (Lipinski definition) is 3. The minimum absolute atomic E-state index is 0.378. The number of anilines is 1. The molecule has 2 aromatic carbocycles. The summed E-state index contributed by atoms with van der Waals surface area (Å²) >= 11 is 11.9. The molecule has 2 aromatic rings. The summed E-state index contributed by atoms with van der Waals surface area (Å²) in [7, 11) is 0. The van der Waals surface area contributed by atoms with Crippen molar-refractivity contribution in [3.05, 3.63) is 75.9 Å². The summed E-state index contributed by atoms with van der Waals surface area (Å²) in [5.74, 6) is -0.408. The maximum absolute atomic E-state index is 11.9. The fraction of sp³-hybridized carbons (Fsp3) is 0.0625. The van der Waals surface area contributed by atoms with E-state index in [-0.39, 0.29) is 0 Å². The van der Waals surface area contributed by atoms with Gasteiger partial charge in [-0.25, -0.2) is 4.79 Å². The van der Waals surface area contributed by atoms with Crippen LogP contribution in [0.25, 0.3) is 0 Å². The number of esters is 1. The van der Waals surface area contributed by atoms with E-state index in [2.05, 4.69) is 5.32 Å². The third-order valence-electron chi connectivity index (χ3n) is 3.11. The Hall–Kier alpha value is -1.97. The van der Waals surface area contributed by atoms with Gasteiger partial charge in [0.1, 0.15) is 11.8 Å². The average molecular weight is 320 g/mol. The Balaban J connectivity index is 1.83. The van der Waals surface area contributed by atoms with Gasteiger partial charge in [0.05, 0.1) is 10.7 Å². The fourth-order valence-corrected chi connectivity index (χ4v) is 2.36. The Kier molecular flexibility index (Phi) is 3.86. The number of ether oxygens (including phenoxy) is 1. The Morgan fingerprint density at radius 1 is 1.00 bits per heavy atom. The second kappa shape index (κ2) is 5.80. The van der Waals surface area contributed by atoms with Crippen LogP contribution in [0.3, 0.4) is 0 Å². The highest BCUT2D eigenvalue weighted by molar-refractivity contribution is 6.33. The Morgan fingerprint density at radius 2 is 1.71 bits per heavy atom. The van der Waals surface area contributed by atoms with Crippen LogP contribution in [0.5, 0.6) is 0 Å². The summed E-state index contributed by atoms with van der Waals surface area (Å²) in [5, 5.41) is 4.18. The number of carbonyl (C=O) groups excluding carboxylic acids is 1. The molecule has 1 aliphatic rings. The van der Waals surface area contributed by atoms with Crippen molar-refractivity contribution in [2.75, 3.05) is 5.32 Å². The Labute approximate surface area is 132 Å². The zero-order valence-corrected chi connectivity index (χ0v) is 12.4. The molecule has 1 aliphatic heterocycles. The SMILES string of the molecule is O=C1OC(c2ccc(Cl)cc2)C=C1Nc1ccccc1Cl. The lowest BCUT2D eigenvalue weighted by Gasteiger charge is -2.08. The number of rotatable bonds is 3. The summed E-state index contributed by atoms with van der Waals surface area (Å²) in [4.78, 5) is 11.9. The van der Waals surface area contributed by atoms with E-state index in [0.717, 1.165) is 5.56 Å². The summed E-state index contributed by atoms with van der Waals surface area (Å²) in [5.41, 5.74) is 1.91. The first-order valence-electron chi connectivity index (χ1n) is 6.33. The Morgan fingerprint density at radius 3 is 2.43 bits per heavy atom. The fourth-order valence-electron chi connectivity index (χ4n) is 2.05. The molecule has 3 rings (SSSR count). The predicted octanol–water partition coefficient (Wildman–Crippen LogP) is 4.59. The van der Waals surface area contributed by atoms with Gasteiger partial charge in [0.25, 0.3) is 0 Å². The molecule has 0 aromatic heterocycles. The van der Waals surface area contributed by atoms with E-state index in [1.807, 2.05) is 24.3 Å². The molecule has 5 heteroatoms. The third kappa shape index (κ3) is 3.04. The van der Waals surface area contributed by atoms with Gasteiger partial charge in [-0.1, -0.05) is 47.5 Å². The van der Waals surface area contributed by atoms with Crippen LogP contribution in [0.2, 0.25) is 10.0 Å². The van der Waals surface area contributed by atoms with E-state index in [9.17, 15) is 4.79 Å². The number of nitrogens with one attached hydrogen (secondary N) is 1. The average Bonchev–Trinajstić information content (AvgIpc) is 2.83. The highest BCUT2D eigenvalue weighted by Crippen LogP contribution is 2.30. The van der Waals surface area contributed by atoms with Gasteiger partial charge in [-0.05, 0) is 35.9 Å². The lowest BCUT2D eigenvalue weighted by Crippen LogP contribution is -2.08. The predicted molar refractivity (Wildman–Crippen MR) is 83.4 cm³/mol. The van der Waals surface area contributed by atoms with Crippen molar-refractivity contribution in [2.24, 2.45) is 0 Å². The molecule has 1 atom stereocenters. The zero-order valence-electron chi connectivity index (χ0n) is 10.8. The molecule has 0 saturated heterocycles. The molecular formula is C16H11Cl2NO2. The van der Waals surface area contributed by atoms with Crippen LogP contribution >= 0.6 is 23.2 Å². The standard InChI is InChI=1S/C16H11Cl2NO2/c17-11-7-5-10(6-8-11)15-9-14(16(20)21-15)19-13-4-2-1-3-12(13)18/h1-9,15,19H. The van der Waals surface area contributed by atoms with Crippen molar-refractivity contribution in [3.8, 4) is 0 Å². The lowest BCUT2D eigenvalue weighted by molar-refractivity contribution is -0.139. The van der Waals surface area contributed by atoms with Crippen molar-refractivity contribution >= 4 is 34.9 Å². The van der Waals surface area contributed by atoms with Gasteiger partial charge in [-0.2, -0.15) is 0 Å². The highest BCUT2D eigenvalue weighted by atomic mass is 35.5. The van der Waals surface area contributed by atoms with E-state index in [4.69, 9.17) is 27.9 Å².